The van der Waals surface area contributed by atoms with Crippen LogP contribution in [-0.4, -0.2) is 17.3 Å². The summed E-state index contributed by atoms with van der Waals surface area (Å²) in [6.45, 7) is 4.66. The Morgan fingerprint density at radius 3 is 2.43 bits per heavy atom. The molecule has 0 radical (unpaired) electrons. The third kappa shape index (κ3) is 4.06. The molecule has 0 aromatic heterocycles. The molecule has 3 nitrogen and oxygen atoms in total. The molecule has 0 amide bonds. The number of anilines is 2. The van der Waals surface area contributed by atoms with Crippen molar-refractivity contribution in [3.8, 4) is 0 Å². The summed E-state index contributed by atoms with van der Waals surface area (Å²) in [5.74, 6) is 0. The highest BCUT2D eigenvalue weighted by atomic mass is 19.3. The Kier molecular flexibility index (Phi) is 4.42. The summed E-state index contributed by atoms with van der Waals surface area (Å²) in [5, 5.41) is 13.5. The average Bonchev–Trinajstić information content (AvgIpc) is 2.41. The van der Waals surface area contributed by atoms with Crippen molar-refractivity contribution < 1.29 is 13.9 Å². The van der Waals surface area contributed by atoms with E-state index in [1.807, 2.05) is 0 Å². The molecule has 0 saturated heterocycles. The van der Waals surface area contributed by atoms with Crippen LogP contribution in [0.4, 0.5) is 20.2 Å². The average molecular weight is 298 g/mol. The minimum Gasteiger partial charge on any atom is -0.399 e. The van der Waals surface area contributed by atoms with Crippen molar-refractivity contribution in [2.75, 3.05) is 17.6 Å². The number of halogens is 2. The fourth-order valence-corrected chi connectivity index (χ4v) is 2.75. The largest absolute Gasteiger partial charge is 0.399 e. The third-order valence-corrected chi connectivity index (χ3v) is 4.45. The van der Waals surface area contributed by atoms with E-state index in [4.69, 9.17) is 5.73 Å². The van der Waals surface area contributed by atoms with E-state index in [0.29, 0.717) is 24.2 Å². The van der Waals surface area contributed by atoms with E-state index in [-0.39, 0.29) is 17.5 Å². The van der Waals surface area contributed by atoms with Crippen molar-refractivity contribution in [2.24, 2.45) is 5.41 Å². The summed E-state index contributed by atoms with van der Waals surface area (Å²) in [7, 11) is 0. The molecule has 2 rings (SSSR count). The van der Waals surface area contributed by atoms with Crippen LogP contribution in [0.3, 0.4) is 0 Å². The molecule has 1 saturated carbocycles. The van der Waals surface area contributed by atoms with E-state index >= 15 is 0 Å². The summed E-state index contributed by atoms with van der Waals surface area (Å²) >= 11 is 0. The summed E-state index contributed by atoms with van der Waals surface area (Å²) in [4.78, 5) is 0. The number of benzene rings is 1. The van der Waals surface area contributed by atoms with Gasteiger partial charge in [0, 0.05) is 23.5 Å². The summed E-state index contributed by atoms with van der Waals surface area (Å²) in [5.41, 5.74) is 5.52. The first kappa shape index (κ1) is 16.0. The van der Waals surface area contributed by atoms with Crippen LogP contribution in [0, 0.1) is 5.41 Å². The Morgan fingerprint density at radius 1 is 1.24 bits per heavy atom. The molecule has 1 fully saturated rings. The minimum absolute atomic E-state index is 0.116. The number of nitrogen functional groups attached to an aromatic ring is 1. The number of rotatable bonds is 4. The highest BCUT2D eigenvalue weighted by Crippen LogP contribution is 2.40. The molecule has 1 aliphatic rings. The lowest BCUT2D eigenvalue weighted by Gasteiger charge is -2.40. The van der Waals surface area contributed by atoms with Crippen molar-refractivity contribution >= 4 is 11.4 Å². The van der Waals surface area contributed by atoms with Gasteiger partial charge in [0.2, 0.25) is 0 Å². The van der Waals surface area contributed by atoms with Gasteiger partial charge in [-0.15, -0.1) is 0 Å². The number of nitrogens with two attached hydrogens (primary N) is 1. The predicted octanol–water partition coefficient (Wildman–Crippen LogP) is 3.95. The highest BCUT2D eigenvalue weighted by molar-refractivity contribution is 5.58. The number of hydrogen-bond donors (Lipinski definition) is 3. The Bertz CT molecular complexity index is 493. The fourth-order valence-electron chi connectivity index (χ4n) is 2.75. The van der Waals surface area contributed by atoms with Gasteiger partial charge < -0.3 is 16.2 Å². The summed E-state index contributed by atoms with van der Waals surface area (Å²) in [6, 6.07) is 4.41. The molecular weight excluding hydrogens is 274 g/mol. The van der Waals surface area contributed by atoms with Crippen LogP contribution in [0.5, 0.6) is 0 Å². The van der Waals surface area contributed by atoms with Gasteiger partial charge in [0.1, 0.15) is 0 Å². The van der Waals surface area contributed by atoms with Gasteiger partial charge in [-0.25, -0.2) is 8.78 Å². The van der Waals surface area contributed by atoms with Crippen LogP contribution in [0.1, 0.15) is 51.5 Å². The normalized spacial score (nSPS) is 20.5. The van der Waals surface area contributed by atoms with E-state index in [2.05, 4.69) is 19.2 Å². The Hall–Kier alpha value is -1.36. The molecule has 118 valence electrons. The van der Waals surface area contributed by atoms with Crippen LogP contribution >= 0.6 is 0 Å². The molecule has 5 heteroatoms. The van der Waals surface area contributed by atoms with Gasteiger partial charge in [0.25, 0.3) is 6.43 Å². The van der Waals surface area contributed by atoms with Crippen molar-refractivity contribution in [2.45, 2.75) is 51.6 Å². The topological polar surface area (TPSA) is 58.3 Å². The SMILES string of the molecule is CC1(C)CCC(O)(CNc2ccc(N)cc2C(F)F)CC1. The molecule has 1 aliphatic carbocycles. The van der Waals surface area contributed by atoms with Crippen molar-refractivity contribution in [3.05, 3.63) is 23.8 Å². The van der Waals surface area contributed by atoms with Gasteiger partial charge in [0.15, 0.2) is 0 Å². The van der Waals surface area contributed by atoms with Crippen LogP contribution < -0.4 is 11.1 Å². The zero-order valence-electron chi connectivity index (χ0n) is 12.6. The second-order valence-corrected chi connectivity index (χ2v) is 6.89. The van der Waals surface area contributed by atoms with Crippen LogP contribution in [0.25, 0.3) is 0 Å². The monoisotopic (exact) mass is 298 g/mol. The van der Waals surface area contributed by atoms with E-state index in [9.17, 15) is 13.9 Å². The molecule has 21 heavy (non-hydrogen) atoms. The molecule has 0 heterocycles. The smallest absolute Gasteiger partial charge is 0.265 e. The molecule has 0 atom stereocenters. The predicted molar refractivity (Wildman–Crippen MR) is 81.5 cm³/mol. The zero-order valence-corrected chi connectivity index (χ0v) is 12.6. The van der Waals surface area contributed by atoms with Gasteiger partial charge in [0.05, 0.1) is 5.60 Å². The van der Waals surface area contributed by atoms with Gasteiger partial charge in [-0.05, 0) is 49.3 Å². The lowest BCUT2D eigenvalue weighted by atomic mass is 9.71. The van der Waals surface area contributed by atoms with Crippen molar-refractivity contribution in [1.29, 1.82) is 0 Å². The standard InChI is InChI=1S/C16H24F2N2O/c1-15(2)5-7-16(21,8-6-15)10-20-13-4-3-11(19)9-12(13)14(17)18/h3-4,9,14,20-21H,5-8,10,19H2,1-2H3. The van der Waals surface area contributed by atoms with Crippen LogP contribution in [0.2, 0.25) is 0 Å². The molecule has 0 bridgehead atoms. The Balaban J connectivity index is 2.03. The molecular formula is C16H24F2N2O. The maximum Gasteiger partial charge on any atom is 0.265 e. The second kappa shape index (κ2) is 5.79. The third-order valence-electron chi connectivity index (χ3n) is 4.45. The van der Waals surface area contributed by atoms with Gasteiger partial charge in [-0.1, -0.05) is 13.8 Å². The highest BCUT2D eigenvalue weighted by Gasteiger charge is 2.36. The lowest BCUT2D eigenvalue weighted by Crippen LogP contribution is -2.42. The van der Waals surface area contributed by atoms with Gasteiger partial charge in [-0.3, -0.25) is 0 Å². The molecule has 0 aliphatic heterocycles. The van der Waals surface area contributed by atoms with Crippen LogP contribution in [-0.2, 0) is 0 Å². The van der Waals surface area contributed by atoms with Crippen molar-refractivity contribution in [1.82, 2.24) is 0 Å². The Labute approximate surface area is 124 Å². The van der Waals surface area contributed by atoms with Crippen LogP contribution in [0.15, 0.2) is 18.2 Å². The lowest BCUT2D eigenvalue weighted by molar-refractivity contribution is -0.0145. The van der Waals surface area contributed by atoms with E-state index in [1.54, 1.807) is 12.1 Å². The zero-order chi connectivity index (χ0) is 15.7. The maximum atomic E-state index is 13.0. The van der Waals surface area contributed by atoms with E-state index < -0.39 is 12.0 Å². The first-order chi connectivity index (χ1) is 9.71. The number of hydrogen-bond acceptors (Lipinski definition) is 3. The molecule has 4 N–H and O–H groups in total. The fraction of sp³-hybridized carbons (Fsp3) is 0.625. The number of alkyl halides is 2. The van der Waals surface area contributed by atoms with Gasteiger partial charge >= 0.3 is 0 Å². The molecule has 1 aromatic rings. The molecule has 0 spiro atoms. The number of aliphatic hydroxyl groups is 1. The number of nitrogens with one attached hydrogen (secondary N) is 1. The van der Waals surface area contributed by atoms with E-state index in [0.717, 1.165) is 12.8 Å². The molecule has 0 unspecified atom stereocenters. The minimum atomic E-state index is -2.59. The Morgan fingerprint density at radius 2 is 1.86 bits per heavy atom. The quantitative estimate of drug-likeness (QED) is 0.738. The van der Waals surface area contributed by atoms with E-state index in [1.165, 1.54) is 6.07 Å². The van der Waals surface area contributed by atoms with Crippen molar-refractivity contribution in [3.63, 3.8) is 0 Å². The first-order valence-electron chi connectivity index (χ1n) is 7.35. The maximum absolute atomic E-state index is 13.0. The first-order valence-corrected chi connectivity index (χ1v) is 7.35. The summed E-state index contributed by atoms with van der Waals surface area (Å²) in [6.07, 6.45) is 0.664. The second-order valence-electron chi connectivity index (χ2n) is 6.89. The summed E-state index contributed by atoms with van der Waals surface area (Å²) < 4.78 is 26.0. The van der Waals surface area contributed by atoms with Gasteiger partial charge in [-0.2, -0.15) is 0 Å². The molecule has 1 aromatic carbocycles.